The van der Waals surface area contributed by atoms with Gasteiger partial charge in [0.05, 0.1) is 18.3 Å². The lowest BCUT2D eigenvalue weighted by molar-refractivity contribution is 0.100. The van der Waals surface area contributed by atoms with Crippen molar-refractivity contribution >= 4 is 28.4 Å². The van der Waals surface area contributed by atoms with Crippen LogP contribution < -0.4 is 15.8 Å². The Balaban J connectivity index is 1.49. The lowest BCUT2D eigenvalue weighted by Crippen LogP contribution is -2.26. The van der Waals surface area contributed by atoms with E-state index in [4.69, 9.17) is 15.5 Å². The van der Waals surface area contributed by atoms with Crippen LogP contribution in [0.15, 0.2) is 60.8 Å². The Morgan fingerprint density at radius 3 is 2.76 bits per heavy atom. The molecular formula is C26H25N5O2. The maximum absolute atomic E-state index is 11.6. The number of benzene rings is 3. The van der Waals surface area contributed by atoms with Gasteiger partial charge in [0, 0.05) is 30.2 Å². The highest BCUT2D eigenvalue weighted by Gasteiger charge is 2.17. The smallest absolute Gasteiger partial charge is 0.248 e. The fourth-order valence-electron chi connectivity index (χ4n) is 4.23. The van der Waals surface area contributed by atoms with Gasteiger partial charge in [0.25, 0.3) is 0 Å². The maximum Gasteiger partial charge on any atom is 0.248 e. The number of hydrogen-bond acceptors (Lipinski definition) is 6. The molecule has 1 aromatic heterocycles. The zero-order valence-electron chi connectivity index (χ0n) is 18.6. The summed E-state index contributed by atoms with van der Waals surface area (Å²) in [6, 6.07) is 17.5. The standard InChI is InChI=1S/C26H25N5O2/c1-31-9-8-18-13-24(33-2)23(12-21(18)15-31)30-26-28-14-20-7-6-17(11-22(20)29-26)16-4-3-5-19(10-16)25(27)32/h3-7,10-14H,8-9,15H2,1-2H3,(H2,27,32)(H,28,29,30). The number of primary amides is 1. The Morgan fingerprint density at radius 1 is 1.09 bits per heavy atom. The number of amides is 1. The van der Waals surface area contributed by atoms with Gasteiger partial charge >= 0.3 is 0 Å². The van der Waals surface area contributed by atoms with Gasteiger partial charge in [0.2, 0.25) is 11.9 Å². The molecule has 3 aromatic carbocycles. The van der Waals surface area contributed by atoms with Gasteiger partial charge in [0.15, 0.2) is 0 Å². The van der Waals surface area contributed by atoms with Crippen molar-refractivity contribution < 1.29 is 9.53 Å². The number of rotatable bonds is 5. The minimum absolute atomic E-state index is 0.448. The second-order valence-corrected chi connectivity index (χ2v) is 8.35. The fraction of sp³-hybridized carbons (Fsp3) is 0.192. The molecule has 7 nitrogen and oxygen atoms in total. The van der Waals surface area contributed by atoms with E-state index < -0.39 is 5.91 Å². The van der Waals surface area contributed by atoms with E-state index in [9.17, 15) is 4.79 Å². The quantitative estimate of drug-likeness (QED) is 0.486. The van der Waals surface area contributed by atoms with Crippen LogP contribution in [0.1, 0.15) is 21.5 Å². The molecule has 0 saturated carbocycles. The number of aromatic nitrogens is 2. The molecule has 5 rings (SSSR count). The molecule has 33 heavy (non-hydrogen) atoms. The number of anilines is 2. The molecule has 0 atom stereocenters. The van der Waals surface area contributed by atoms with Gasteiger partial charge < -0.3 is 20.7 Å². The molecule has 0 spiro atoms. The second-order valence-electron chi connectivity index (χ2n) is 8.35. The topological polar surface area (TPSA) is 93.4 Å². The van der Waals surface area contributed by atoms with Gasteiger partial charge in [-0.3, -0.25) is 4.79 Å². The third-order valence-corrected chi connectivity index (χ3v) is 6.03. The first-order valence-corrected chi connectivity index (χ1v) is 10.8. The van der Waals surface area contributed by atoms with Crippen molar-refractivity contribution in [3.63, 3.8) is 0 Å². The van der Waals surface area contributed by atoms with Crippen molar-refractivity contribution in [3.05, 3.63) is 77.5 Å². The first kappa shape index (κ1) is 20.9. The van der Waals surface area contributed by atoms with Crippen LogP contribution >= 0.6 is 0 Å². The van der Waals surface area contributed by atoms with Crippen LogP contribution in [0.3, 0.4) is 0 Å². The molecule has 4 aromatic rings. The van der Waals surface area contributed by atoms with Gasteiger partial charge in [-0.2, -0.15) is 0 Å². The summed E-state index contributed by atoms with van der Waals surface area (Å²) in [6.07, 6.45) is 2.81. The van der Waals surface area contributed by atoms with E-state index in [0.29, 0.717) is 11.5 Å². The van der Waals surface area contributed by atoms with Crippen molar-refractivity contribution in [2.24, 2.45) is 5.73 Å². The number of nitrogens with two attached hydrogens (primary N) is 1. The number of ether oxygens (including phenoxy) is 1. The number of likely N-dealkylation sites (N-methyl/N-ethyl adjacent to an activating group) is 1. The normalized spacial score (nSPS) is 13.5. The number of fused-ring (bicyclic) bond motifs is 2. The number of carbonyl (C=O) groups is 1. The average Bonchev–Trinajstić information content (AvgIpc) is 2.83. The van der Waals surface area contributed by atoms with E-state index >= 15 is 0 Å². The lowest BCUT2D eigenvalue weighted by atomic mass is 9.99. The predicted molar refractivity (Wildman–Crippen MR) is 130 cm³/mol. The third kappa shape index (κ3) is 4.23. The van der Waals surface area contributed by atoms with Gasteiger partial charge in [-0.25, -0.2) is 9.97 Å². The van der Waals surface area contributed by atoms with E-state index in [1.807, 2.05) is 30.3 Å². The molecule has 0 unspecified atom stereocenters. The predicted octanol–water partition coefficient (Wildman–Crippen LogP) is 4.14. The van der Waals surface area contributed by atoms with Crippen LogP contribution in [-0.2, 0) is 13.0 Å². The Morgan fingerprint density at radius 2 is 1.94 bits per heavy atom. The van der Waals surface area contributed by atoms with Gasteiger partial charge in [0.1, 0.15) is 5.75 Å². The zero-order valence-corrected chi connectivity index (χ0v) is 18.6. The summed E-state index contributed by atoms with van der Waals surface area (Å²) in [4.78, 5) is 23.1. The highest BCUT2D eigenvalue weighted by atomic mass is 16.5. The zero-order chi connectivity index (χ0) is 22.9. The van der Waals surface area contributed by atoms with Crippen LogP contribution in [0.5, 0.6) is 5.75 Å². The molecule has 1 aliphatic rings. The van der Waals surface area contributed by atoms with Crippen LogP contribution in [-0.4, -0.2) is 41.5 Å². The van der Waals surface area contributed by atoms with Gasteiger partial charge in [-0.1, -0.05) is 24.3 Å². The Kier molecular flexibility index (Phi) is 5.40. The van der Waals surface area contributed by atoms with E-state index in [1.165, 1.54) is 11.1 Å². The highest BCUT2D eigenvalue weighted by Crippen LogP contribution is 2.33. The number of hydrogen-bond donors (Lipinski definition) is 2. The van der Waals surface area contributed by atoms with E-state index in [-0.39, 0.29) is 0 Å². The Bertz CT molecular complexity index is 1370. The van der Waals surface area contributed by atoms with E-state index in [1.54, 1.807) is 25.4 Å². The molecule has 0 radical (unpaired) electrons. The molecule has 0 saturated heterocycles. The SMILES string of the molecule is COc1cc2c(cc1Nc1ncc3ccc(-c4cccc(C(N)=O)c4)cc3n1)CN(C)CC2. The van der Waals surface area contributed by atoms with Crippen LogP contribution in [0, 0.1) is 0 Å². The molecule has 0 fully saturated rings. The number of methoxy groups -OCH3 is 1. The van der Waals surface area contributed by atoms with E-state index in [2.05, 4.69) is 34.4 Å². The first-order valence-electron chi connectivity index (χ1n) is 10.8. The molecule has 7 heteroatoms. The fourth-order valence-corrected chi connectivity index (χ4v) is 4.23. The van der Waals surface area contributed by atoms with Gasteiger partial charge in [-0.05, 0) is 66.1 Å². The van der Waals surface area contributed by atoms with Crippen LogP contribution in [0.25, 0.3) is 22.0 Å². The summed E-state index contributed by atoms with van der Waals surface area (Å²) in [5, 5.41) is 4.26. The van der Waals surface area contributed by atoms with Crippen molar-refractivity contribution in [2.75, 3.05) is 26.0 Å². The minimum Gasteiger partial charge on any atom is -0.495 e. The van der Waals surface area contributed by atoms with Gasteiger partial charge in [-0.15, -0.1) is 0 Å². The van der Waals surface area contributed by atoms with Crippen LogP contribution in [0.2, 0.25) is 0 Å². The maximum atomic E-state index is 11.6. The second kappa shape index (κ2) is 8.52. The van der Waals surface area contributed by atoms with E-state index in [0.717, 1.165) is 53.0 Å². The third-order valence-electron chi connectivity index (χ3n) is 6.03. The van der Waals surface area contributed by atoms with Crippen LogP contribution in [0.4, 0.5) is 11.6 Å². The summed E-state index contributed by atoms with van der Waals surface area (Å²) in [5.74, 6) is 0.823. The molecule has 2 heterocycles. The molecule has 1 amide bonds. The molecular weight excluding hydrogens is 414 g/mol. The number of nitrogens with one attached hydrogen (secondary N) is 1. The number of nitrogens with zero attached hydrogens (tertiary/aromatic N) is 3. The largest absolute Gasteiger partial charge is 0.495 e. The summed E-state index contributed by atoms with van der Waals surface area (Å²) in [6.45, 7) is 1.95. The van der Waals surface area contributed by atoms with Crippen molar-refractivity contribution in [1.29, 1.82) is 0 Å². The van der Waals surface area contributed by atoms with Crippen molar-refractivity contribution in [3.8, 4) is 16.9 Å². The minimum atomic E-state index is -0.448. The average molecular weight is 440 g/mol. The molecule has 0 aliphatic carbocycles. The molecule has 3 N–H and O–H groups in total. The lowest BCUT2D eigenvalue weighted by Gasteiger charge is -2.26. The summed E-state index contributed by atoms with van der Waals surface area (Å²) in [7, 11) is 3.80. The molecule has 0 bridgehead atoms. The van der Waals surface area contributed by atoms with Crippen molar-refractivity contribution in [2.45, 2.75) is 13.0 Å². The number of carbonyl (C=O) groups excluding carboxylic acids is 1. The highest BCUT2D eigenvalue weighted by molar-refractivity contribution is 5.94. The first-order chi connectivity index (χ1) is 16.0. The molecule has 166 valence electrons. The summed E-state index contributed by atoms with van der Waals surface area (Å²) in [5.41, 5.74) is 12.0. The molecule has 1 aliphatic heterocycles. The monoisotopic (exact) mass is 439 g/mol. The Hall–Kier alpha value is -3.97. The van der Waals surface area contributed by atoms with Crippen molar-refractivity contribution in [1.82, 2.24) is 14.9 Å². The Labute approximate surface area is 192 Å². The summed E-state index contributed by atoms with van der Waals surface area (Å²) < 4.78 is 5.64. The summed E-state index contributed by atoms with van der Waals surface area (Å²) >= 11 is 0.